The van der Waals surface area contributed by atoms with Crippen LogP contribution in [0.1, 0.15) is 31.7 Å². The topological polar surface area (TPSA) is 69.9 Å². The summed E-state index contributed by atoms with van der Waals surface area (Å²) in [5.74, 6) is 0.173. The maximum Gasteiger partial charge on any atom is 0.247 e. The smallest absolute Gasteiger partial charge is 0.247 e. The SMILES string of the molecule is CC(N)(C(=O)N1CCCN(CC(=O)N2CCCC2)CC1)c1ccccc1.Cl.Cl. The predicted molar refractivity (Wildman–Crippen MR) is 116 cm³/mol. The summed E-state index contributed by atoms with van der Waals surface area (Å²) in [5, 5.41) is 0. The molecule has 2 N–H and O–H groups in total. The van der Waals surface area contributed by atoms with Crippen LogP contribution in [0, 0.1) is 0 Å². The standard InChI is InChI=1S/C20H30N4O2.2ClH/c1-20(21,17-8-3-2-4-9-17)19(26)24-13-7-10-22(14-15-24)16-18(25)23-11-5-6-12-23;;/h2-4,8-9H,5-7,10-16,21H2,1H3;2*1H. The molecule has 158 valence electrons. The average molecular weight is 431 g/mol. The van der Waals surface area contributed by atoms with E-state index in [1.165, 1.54) is 0 Å². The number of nitrogens with two attached hydrogens (primary N) is 1. The Balaban J connectivity index is 0.00000196. The first-order valence-corrected chi connectivity index (χ1v) is 9.62. The molecular weight excluding hydrogens is 399 g/mol. The van der Waals surface area contributed by atoms with Crippen LogP contribution in [0.4, 0.5) is 0 Å². The first-order valence-electron chi connectivity index (χ1n) is 9.62. The highest BCUT2D eigenvalue weighted by Gasteiger charge is 2.35. The summed E-state index contributed by atoms with van der Waals surface area (Å²) in [6, 6.07) is 9.53. The first kappa shape index (κ1) is 24.7. The number of halogens is 2. The van der Waals surface area contributed by atoms with E-state index in [4.69, 9.17) is 5.73 Å². The Morgan fingerprint density at radius 3 is 2.14 bits per heavy atom. The van der Waals surface area contributed by atoms with E-state index in [9.17, 15) is 9.59 Å². The summed E-state index contributed by atoms with van der Waals surface area (Å²) in [6.45, 7) is 6.88. The van der Waals surface area contributed by atoms with Gasteiger partial charge in [0, 0.05) is 39.3 Å². The van der Waals surface area contributed by atoms with Crippen LogP contribution in [0.5, 0.6) is 0 Å². The van der Waals surface area contributed by atoms with Crippen LogP contribution in [-0.4, -0.2) is 72.3 Å². The van der Waals surface area contributed by atoms with Gasteiger partial charge in [-0.05, 0) is 31.7 Å². The van der Waals surface area contributed by atoms with Crippen molar-refractivity contribution in [1.29, 1.82) is 0 Å². The number of likely N-dealkylation sites (tertiary alicyclic amines) is 1. The Labute approximate surface area is 180 Å². The van der Waals surface area contributed by atoms with Gasteiger partial charge in [-0.1, -0.05) is 30.3 Å². The van der Waals surface area contributed by atoms with Crippen molar-refractivity contribution in [3.8, 4) is 0 Å². The molecule has 1 aromatic rings. The molecule has 2 amide bonds. The molecule has 3 rings (SSSR count). The average Bonchev–Trinajstić information content (AvgIpc) is 3.10. The minimum atomic E-state index is -1.03. The highest BCUT2D eigenvalue weighted by atomic mass is 35.5. The van der Waals surface area contributed by atoms with Crippen LogP contribution in [0.3, 0.4) is 0 Å². The van der Waals surface area contributed by atoms with Crippen LogP contribution in [0.25, 0.3) is 0 Å². The zero-order chi connectivity index (χ0) is 18.6. The second-order valence-electron chi connectivity index (χ2n) is 7.58. The molecule has 1 unspecified atom stereocenters. The number of amides is 2. The molecule has 2 heterocycles. The predicted octanol–water partition coefficient (Wildman–Crippen LogP) is 1.86. The van der Waals surface area contributed by atoms with Crippen molar-refractivity contribution in [2.75, 3.05) is 45.8 Å². The number of benzene rings is 1. The van der Waals surface area contributed by atoms with Crippen LogP contribution >= 0.6 is 24.8 Å². The zero-order valence-electron chi connectivity index (χ0n) is 16.5. The Hall–Kier alpha value is -1.34. The molecule has 8 heteroatoms. The molecule has 2 saturated heterocycles. The molecule has 6 nitrogen and oxygen atoms in total. The fourth-order valence-corrected chi connectivity index (χ4v) is 3.83. The molecule has 2 fully saturated rings. The second-order valence-corrected chi connectivity index (χ2v) is 7.58. The van der Waals surface area contributed by atoms with Crippen molar-refractivity contribution in [2.45, 2.75) is 31.7 Å². The lowest BCUT2D eigenvalue weighted by Gasteiger charge is -2.31. The Bertz CT molecular complexity index is 636. The van der Waals surface area contributed by atoms with Gasteiger partial charge in [0.05, 0.1) is 6.54 Å². The maximum atomic E-state index is 13.0. The van der Waals surface area contributed by atoms with E-state index < -0.39 is 5.54 Å². The highest BCUT2D eigenvalue weighted by molar-refractivity contribution is 5.87. The Morgan fingerprint density at radius 2 is 1.50 bits per heavy atom. The van der Waals surface area contributed by atoms with Crippen molar-refractivity contribution in [3.63, 3.8) is 0 Å². The summed E-state index contributed by atoms with van der Waals surface area (Å²) >= 11 is 0. The van der Waals surface area contributed by atoms with Crippen molar-refractivity contribution < 1.29 is 9.59 Å². The number of hydrogen-bond donors (Lipinski definition) is 1. The van der Waals surface area contributed by atoms with Gasteiger partial charge in [-0.2, -0.15) is 0 Å². The van der Waals surface area contributed by atoms with E-state index in [2.05, 4.69) is 4.90 Å². The molecule has 0 radical (unpaired) electrons. The molecular formula is C20H32Cl2N4O2. The zero-order valence-corrected chi connectivity index (χ0v) is 18.1. The highest BCUT2D eigenvalue weighted by Crippen LogP contribution is 2.21. The van der Waals surface area contributed by atoms with E-state index in [0.717, 1.165) is 51.0 Å². The number of carbonyl (C=O) groups excluding carboxylic acids is 2. The van der Waals surface area contributed by atoms with Crippen LogP contribution in [0.15, 0.2) is 30.3 Å². The molecule has 28 heavy (non-hydrogen) atoms. The van der Waals surface area contributed by atoms with Crippen molar-refractivity contribution in [3.05, 3.63) is 35.9 Å². The van der Waals surface area contributed by atoms with Crippen molar-refractivity contribution in [1.82, 2.24) is 14.7 Å². The first-order chi connectivity index (χ1) is 12.5. The van der Waals surface area contributed by atoms with Gasteiger partial charge in [-0.15, -0.1) is 24.8 Å². The molecule has 1 aromatic carbocycles. The van der Waals surface area contributed by atoms with Gasteiger partial charge in [-0.3, -0.25) is 14.5 Å². The molecule has 1 atom stereocenters. The van der Waals surface area contributed by atoms with Gasteiger partial charge in [0.15, 0.2) is 0 Å². The van der Waals surface area contributed by atoms with Gasteiger partial charge in [-0.25, -0.2) is 0 Å². The van der Waals surface area contributed by atoms with Crippen LogP contribution < -0.4 is 5.73 Å². The molecule has 0 aliphatic carbocycles. The molecule has 0 saturated carbocycles. The summed E-state index contributed by atoms with van der Waals surface area (Å²) in [4.78, 5) is 31.4. The minimum Gasteiger partial charge on any atom is -0.342 e. The third-order valence-corrected chi connectivity index (χ3v) is 5.51. The number of hydrogen-bond acceptors (Lipinski definition) is 4. The van der Waals surface area contributed by atoms with E-state index in [-0.39, 0.29) is 36.6 Å². The minimum absolute atomic E-state index is 0. The summed E-state index contributed by atoms with van der Waals surface area (Å²) in [5.41, 5.74) is 6.20. The number of carbonyl (C=O) groups is 2. The van der Waals surface area contributed by atoms with Crippen molar-refractivity contribution >= 4 is 36.6 Å². The van der Waals surface area contributed by atoms with Gasteiger partial charge in [0.25, 0.3) is 0 Å². The largest absolute Gasteiger partial charge is 0.342 e. The molecule has 2 aliphatic rings. The number of nitrogens with zero attached hydrogens (tertiary/aromatic N) is 3. The molecule has 0 aromatic heterocycles. The molecule has 0 spiro atoms. The van der Waals surface area contributed by atoms with E-state index >= 15 is 0 Å². The molecule has 0 bridgehead atoms. The quantitative estimate of drug-likeness (QED) is 0.790. The normalized spacial score (nSPS) is 19.8. The fraction of sp³-hybridized carbons (Fsp3) is 0.600. The van der Waals surface area contributed by atoms with Gasteiger partial charge in [0.2, 0.25) is 11.8 Å². The maximum absolute atomic E-state index is 13.0. The second kappa shape index (κ2) is 11.0. The summed E-state index contributed by atoms with van der Waals surface area (Å²) in [6.07, 6.45) is 3.09. The summed E-state index contributed by atoms with van der Waals surface area (Å²) in [7, 11) is 0. The Morgan fingerprint density at radius 1 is 0.893 bits per heavy atom. The third kappa shape index (κ3) is 5.83. The van der Waals surface area contributed by atoms with Gasteiger partial charge in [0.1, 0.15) is 5.54 Å². The van der Waals surface area contributed by atoms with E-state index in [1.54, 1.807) is 6.92 Å². The summed E-state index contributed by atoms with van der Waals surface area (Å²) < 4.78 is 0. The molecule has 2 aliphatic heterocycles. The third-order valence-electron chi connectivity index (χ3n) is 5.51. The van der Waals surface area contributed by atoms with Crippen LogP contribution in [0.2, 0.25) is 0 Å². The fourth-order valence-electron chi connectivity index (χ4n) is 3.83. The van der Waals surface area contributed by atoms with Gasteiger partial charge >= 0.3 is 0 Å². The van der Waals surface area contributed by atoms with E-state index in [1.807, 2.05) is 40.1 Å². The lowest BCUT2D eigenvalue weighted by Crippen LogP contribution is -2.52. The lowest BCUT2D eigenvalue weighted by molar-refractivity contribution is -0.136. The lowest BCUT2D eigenvalue weighted by atomic mass is 9.91. The monoisotopic (exact) mass is 430 g/mol. The van der Waals surface area contributed by atoms with Crippen molar-refractivity contribution in [2.24, 2.45) is 5.73 Å². The van der Waals surface area contributed by atoms with E-state index in [0.29, 0.717) is 19.6 Å². The van der Waals surface area contributed by atoms with Gasteiger partial charge < -0.3 is 15.5 Å². The van der Waals surface area contributed by atoms with Crippen LogP contribution in [-0.2, 0) is 15.1 Å². The Kier molecular flexibility index (Phi) is 9.70. The number of rotatable bonds is 4.